The number of aryl methyl sites for hydroxylation is 1. The number of pyridine rings is 1. The number of nitrogens with zero attached hydrogens (tertiary/aromatic N) is 1. The van der Waals surface area contributed by atoms with Gasteiger partial charge in [0.05, 0.1) is 0 Å². The van der Waals surface area contributed by atoms with Crippen LogP contribution in [-0.2, 0) is 27.6 Å². The van der Waals surface area contributed by atoms with Gasteiger partial charge in [-0.1, -0.05) is 0 Å². The molecule has 0 bridgehead atoms. The third-order valence-electron chi connectivity index (χ3n) is 1.58. The van der Waals surface area contributed by atoms with Gasteiger partial charge in [-0.2, -0.15) is 6.07 Å². The topological polar surface area (TPSA) is 42.2 Å². The van der Waals surface area contributed by atoms with E-state index in [1.54, 1.807) is 13.8 Å². The predicted octanol–water partition coefficient (Wildman–Crippen LogP) is 0.680. The molecule has 4 heteroatoms. The van der Waals surface area contributed by atoms with Gasteiger partial charge < -0.3 is 9.67 Å². The van der Waals surface area contributed by atoms with E-state index in [1.807, 2.05) is 0 Å². The normalized spacial score (nSPS) is 9.17. The van der Waals surface area contributed by atoms with E-state index >= 15 is 0 Å². The van der Waals surface area contributed by atoms with Gasteiger partial charge in [0.2, 0.25) is 0 Å². The van der Waals surface area contributed by atoms with Gasteiger partial charge in [0.25, 0.3) is 0 Å². The molecule has 0 unspecified atom stereocenters. The first kappa shape index (κ1) is 11.4. The maximum Gasteiger partial charge on any atom is 2.00 e. The fraction of sp³-hybridized carbons (Fsp3) is 0.375. The molecule has 0 aliphatic carbocycles. The van der Waals surface area contributed by atoms with Crippen LogP contribution in [0, 0.1) is 13.0 Å². The molecule has 0 amide bonds. The van der Waals surface area contributed by atoms with Crippen LogP contribution < -0.4 is 5.56 Å². The summed E-state index contributed by atoms with van der Waals surface area (Å²) >= 11 is 0. The van der Waals surface area contributed by atoms with Crippen LogP contribution in [0.3, 0.4) is 0 Å². The van der Waals surface area contributed by atoms with Gasteiger partial charge in [-0.25, -0.2) is 6.07 Å². The molecule has 12 heavy (non-hydrogen) atoms. The molecule has 0 aliphatic rings. The van der Waals surface area contributed by atoms with E-state index in [9.17, 15) is 9.90 Å². The van der Waals surface area contributed by atoms with Crippen molar-refractivity contribution < 1.29 is 26.2 Å². The van der Waals surface area contributed by atoms with Crippen LogP contribution in [-0.4, -0.2) is 9.67 Å². The van der Waals surface area contributed by atoms with Crippen LogP contribution >= 0.6 is 0 Å². The van der Waals surface area contributed by atoms with E-state index in [1.165, 1.54) is 10.6 Å². The smallest absolute Gasteiger partial charge is 0.509 e. The van der Waals surface area contributed by atoms with Gasteiger partial charge in [-0.15, -0.1) is 12.5 Å². The number of rotatable bonds is 1. The summed E-state index contributed by atoms with van der Waals surface area (Å²) in [6, 6.07) is 4.00. The fourth-order valence-electron chi connectivity index (χ4n) is 0.915. The molecule has 3 nitrogen and oxygen atoms in total. The van der Waals surface area contributed by atoms with Gasteiger partial charge in [0.15, 0.2) is 5.56 Å². The summed E-state index contributed by atoms with van der Waals surface area (Å²) in [5.41, 5.74) is 0.391. The van der Waals surface area contributed by atoms with Crippen LogP contribution in [0.25, 0.3) is 0 Å². The van der Waals surface area contributed by atoms with E-state index in [0.29, 0.717) is 12.1 Å². The van der Waals surface area contributed by atoms with Crippen molar-refractivity contribution in [2.45, 2.75) is 20.4 Å². The molecule has 0 aliphatic heterocycles. The van der Waals surface area contributed by atoms with Crippen molar-refractivity contribution in [3.05, 3.63) is 28.0 Å². The van der Waals surface area contributed by atoms with E-state index in [2.05, 4.69) is 6.07 Å². The van der Waals surface area contributed by atoms with Gasteiger partial charge in [0.1, 0.15) is 5.88 Å². The summed E-state index contributed by atoms with van der Waals surface area (Å²) in [6.07, 6.45) is 0. The largest absolute Gasteiger partial charge is 2.00 e. The van der Waals surface area contributed by atoms with E-state index in [4.69, 9.17) is 0 Å². The van der Waals surface area contributed by atoms with Crippen molar-refractivity contribution in [2.75, 3.05) is 0 Å². The van der Waals surface area contributed by atoms with Crippen LogP contribution in [0.1, 0.15) is 12.5 Å². The standard InChI is InChI=1S/C8H10NO2.W/c1-3-9-7(10)5-4-6(2)8(9)11;/h4,11H,3H2,1-2H3;/q-1;+2. The SMILES string of the molecule is CCn1c(O)c(C)c[c-]c1=O.[W+2]. The number of hydrogen-bond donors (Lipinski definition) is 1. The molecule has 0 aromatic carbocycles. The Labute approximate surface area is 85.3 Å². The van der Waals surface area contributed by atoms with Crippen molar-refractivity contribution in [2.24, 2.45) is 0 Å². The maximum absolute atomic E-state index is 11.0. The zero-order chi connectivity index (χ0) is 8.43. The molecule has 0 saturated carbocycles. The molecule has 1 aromatic heterocycles. The molecule has 1 rings (SSSR count). The van der Waals surface area contributed by atoms with Crippen molar-refractivity contribution in [1.29, 1.82) is 0 Å². The molecule has 0 spiro atoms. The number of hydrogen-bond acceptors (Lipinski definition) is 2. The minimum atomic E-state index is -0.282. The van der Waals surface area contributed by atoms with Gasteiger partial charge >= 0.3 is 21.1 Å². The quantitative estimate of drug-likeness (QED) is 0.767. The Hall–Kier alpha value is -0.562. The Morgan fingerprint density at radius 2 is 2.25 bits per heavy atom. The zero-order valence-electron chi connectivity index (χ0n) is 7.00. The van der Waals surface area contributed by atoms with Crippen molar-refractivity contribution in [3.63, 3.8) is 0 Å². The minimum absolute atomic E-state index is 0. The minimum Gasteiger partial charge on any atom is -0.509 e. The predicted molar refractivity (Wildman–Crippen MR) is 41.6 cm³/mol. The monoisotopic (exact) mass is 336 g/mol. The zero-order valence-corrected chi connectivity index (χ0v) is 9.93. The second-order valence-electron chi connectivity index (χ2n) is 2.34. The molecule has 0 saturated heterocycles. The Bertz CT molecular complexity index is 319. The Balaban J connectivity index is 0.00000121. The van der Waals surface area contributed by atoms with Crippen LogP contribution in [0.5, 0.6) is 5.88 Å². The second-order valence-corrected chi connectivity index (χ2v) is 2.34. The summed E-state index contributed by atoms with van der Waals surface area (Å²) in [5.74, 6) is 0.0382. The van der Waals surface area contributed by atoms with Crippen LogP contribution in [0.15, 0.2) is 10.9 Å². The van der Waals surface area contributed by atoms with E-state index in [-0.39, 0.29) is 32.5 Å². The molecule has 0 fully saturated rings. The molecular weight excluding hydrogens is 326 g/mol. The van der Waals surface area contributed by atoms with E-state index < -0.39 is 0 Å². The van der Waals surface area contributed by atoms with E-state index in [0.717, 1.165) is 0 Å². The first-order valence-corrected chi connectivity index (χ1v) is 3.48. The average Bonchev–Trinajstić information content (AvgIpc) is 1.99. The van der Waals surface area contributed by atoms with Crippen LogP contribution in [0.2, 0.25) is 0 Å². The number of aromatic nitrogens is 1. The summed E-state index contributed by atoms with van der Waals surface area (Å²) in [7, 11) is 0. The summed E-state index contributed by atoms with van der Waals surface area (Å²) in [4.78, 5) is 11.0. The first-order chi connectivity index (χ1) is 5.16. The maximum atomic E-state index is 11.0. The molecule has 0 radical (unpaired) electrons. The molecular formula is C8H10NO2W+. The number of aromatic hydroxyl groups is 1. The third-order valence-corrected chi connectivity index (χ3v) is 1.58. The molecule has 64 valence electrons. The molecule has 1 aromatic rings. The molecule has 0 atom stereocenters. The van der Waals surface area contributed by atoms with Crippen molar-refractivity contribution in [1.82, 2.24) is 4.57 Å². The molecule has 1 heterocycles. The fourth-order valence-corrected chi connectivity index (χ4v) is 0.915. The molecule has 1 N–H and O–H groups in total. The van der Waals surface area contributed by atoms with Gasteiger partial charge in [-0.3, -0.25) is 4.79 Å². The second kappa shape index (κ2) is 4.46. The summed E-state index contributed by atoms with van der Waals surface area (Å²) in [5, 5.41) is 9.32. The van der Waals surface area contributed by atoms with Crippen molar-refractivity contribution >= 4 is 0 Å². The summed E-state index contributed by atoms with van der Waals surface area (Å²) < 4.78 is 1.27. The third kappa shape index (κ3) is 1.98. The average molecular weight is 336 g/mol. The first-order valence-electron chi connectivity index (χ1n) is 3.48. The Morgan fingerprint density at radius 1 is 1.67 bits per heavy atom. The van der Waals surface area contributed by atoms with Crippen molar-refractivity contribution in [3.8, 4) is 5.88 Å². The van der Waals surface area contributed by atoms with Crippen LogP contribution in [0.4, 0.5) is 0 Å². The van der Waals surface area contributed by atoms with Gasteiger partial charge in [0, 0.05) is 6.54 Å². The Morgan fingerprint density at radius 3 is 2.67 bits per heavy atom. The Kier molecular flexibility index (Phi) is 4.25. The van der Waals surface area contributed by atoms with Gasteiger partial charge in [-0.05, 0) is 6.92 Å². The summed E-state index contributed by atoms with van der Waals surface area (Å²) in [6.45, 7) is 4.01.